The highest BCUT2D eigenvalue weighted by Gasteiger charge is 2.50. The average molecular weight is 349 g/mol. The number of allylic oxidation sites excluding steroid dienone is 1. The molecule has 4 saturated carbocycles. The van der Waals surface area contributed by atoms with E-state index in [4.69, 9.17) is 9.16 Å². The van der Waals surface area contributed by atoms with Crippen molar-refractivity contribution in [2.45, 2.75) is 71.0 Å². The molecule has 0 aromatic heterocycles. The first kappa shape index (κ1) is 17.0. The van der Waals surface area contributed by atoms with Crippen molar-refractivity contribution in [1.82, 2.24) is 0 Å². The maximum atomic E-state index is 6.27. The fourth-order valence-corrected chi connectivity index (χ4v) is 7.45. The zero-order valence-corrected chi connectivity index (χ0v) is 17.1. The zero-order chi connectivity index (χ0) is 16.9. The molecule has 4 aliphatic carbocycles. The predicted octanol–water partition coefficient (Wildman–Crippen LogP) is 5.81. The van der Waals surface area contributed by atoms with Crippen molar-refractivity contribution in [2.75, 3.05) is 7.11 Å². The van der Waals surface area contributed by atoms with Crippen molar-refractivity contribution in [3.8, 4) is 0 Å². The Morgan fingerprint density at radius 3 is 1.75 bits per heavy atom. The fourth-order valence-electron chi connectivity index (χ4n) is 6.70. The quantitative estimate of drug-likeness (QED) is 0.445. The first-order chi connectivity index (χ1) is 11.4. The second-order valence-corrected chi connectivity index (χ2v) is 14.6. The van der Waals surface area contributed by atoms with Gasteiger partial charge >= 0.3 is 0 Å². The molecular weight excluding hydrogens is 312 g/mol. The highest BCUT2D eigenvalue weighted by Crippen LogP contribution is 2.58. The summed E-state index contributed by atoms with van der Waals surface area (Å²) in [5, 5.41) is 0. The molecule has 6 unspecified atom stereocenters. The molecule has 2 nitrogen and oxygen atoms in total. The molecule has 6 atom stereocenters. The number of fused-ring (bicyclic) bond motifs is 4. The smallest absolute Gasteiger partial charge is 0.261 e. The van der Waals surface area contributed by atoms with Crippen LogP contribution < -0.4 is 0 Å². The largest absolute Gasteiger partial charge is 0.520 e. The number of hydrogen-bond donors (Lipinski definition) is 0. The average Bonchev–Trinajstić information content (AvgIpc) is 3.29. The molecule has 4 rings (SSSR count). The van der Waals surface area contributed by atoms with Crippen LogP contribution in [0.1, 0.15) is 51.4 Å². The number of hydrogen-bond acceptors (Lipinski definition) is 2. The summed E-state index contributed by atoms with van der Waals surface area (Å²) in [6, 6.07) is 0. The lowest BCUT2D eigenvalue weighted by Crippen LogP contribution is -2.31. The van der Waals surface area contributed by atoms with E-state index in [1.165, 1.54) is 51.4 Å². The molecule has 0 N–H and O–H groups in total. The molecule has 0 radical (unpaired) electrons. The minimum atomic E-state index is -1.61. The van der Waals surface area contributed by atoms with Crippen molar-refractivity contribution >= 4 is 8.32 Å². The molecule has 0 aromatic rings. The summed E-state index contributed by atoms with van der Waals surface area (Å²) in [5.41, 5.74) is 0. The minimum Gasteiger partial charge on any atom is -0.520 e. The Bertz CT molecular complexity index is 467. The summed E-state index contributed by atoms with van der Waals surface area (Å²) >= 11 is 0. The Labute approximate surface area is 149 Å². The van der Waals surface area contributed by atoms with Crippen molar-refractivity contribution in [3.63, 3.8) is 0 Å². The van der Waals surface area contributed by atoms with E-state index in [0.717, 1.165) is 41.5 Å². The van der Waals surface area contributed by atoms with Crippen LogP contribution in [-0.4, -0.2) is 15.4 Å². The van der Waals surface area contributed by atoms with E-state index in [-0.39, 0.29) is 0 Å². The van der Waals surface area contributed by atoms with Gasteiger partial charge in [0.1, 0.15) is 0 Å². The Morgan fingerprint density at radius 1 is 0.875 bits per heavy atom. The van der Waals surface area contributed by atoms with Gasteiger partial charge in [-0.1, -0.05) is 12.8 Å². The van der Waals surface area contributed by atoms with Gasteiger partial charge in [-0.3, -0.25) is 0 Å². The molecule has 4 aliphatic rings. The molecule has 0 aliphatic heterocycles. The van der Waals surface area contributed by atoms with Crippen LogP contribution in [0.5, 0.6) is 0 Å². The minimum absolute atomic E-state index is 0.710. The number of ether oxygens (including phenoxy) is 1. The van der Waals surface area contributed by atoms with Crippen LogP contribution in [0.2, 0.25) is 19.6 Å². The van der Waals surface area contributed by atoms with Gasteiger partial charge in [0.25, 0.3) is 5.95 Å². The lowest BCUT2D eigenvalue weighted by molar-refractivity contribution is 0.117. The Hall–Kier alpha value is -0.443. The van der Waals surface area contributed by atoms with E-state index in [9.17, 15) is 0 Å². The molecule has 4 fully saturated rings. The summed E-state index contributed by atoms with van der Waals surface area (Å²) in [7, 11) is 0.183. The Kier molecular flexibility index (Phi) is 4.51. The van der Waals surface area contributed by atoms with Crippen LogP contribution in [0.4, 0.5) is 0 Å². The highest BCUT2D eigenvalue weighted by atomic mass is 28.4. The normalized spacial score (nSPS) is 42.6. The lowest BCUT2D eigenvalue weighted by atomic mass is 9.68. The van der Waals surface area contributed by atoms with Gasteiger partial charge in [-0.05, 0) is 106 Å². The van der Waals surface area contributed by atoms with E-state index in [2.05, 4.69) is 25.7 Å². The lowest BCUT2D eigenvalue weighted by Gasteiger charge is -2.37. The van der Waals surface area contributed by atoms with Crippen molar-refractivity contribution in [3.05, 3.63) is 12.0 Å². The van der Waals surface area contributed by atoms with Crippen molar-refractivity contribution in [1.29, 1.82) is 0 Å². The van der Waals surface area contributed by atoms with Gasteiger partial charge in [-0.2, -0.15) is 0 Å². The van der Waals surface area contributed by atoms with Gasteiger partial charge in [0.15, 0.2) is 0 Å². The standard InChI is InChI=1S/C21H36O2Si/c1-22-21(23-24(2,3)4)13-20(18-11-14-5-7-16(18)9-14)19-12-15-6-8-17(19)10-15/h13-20H,5-12H2,1-4H3/b21-13+. The van der Waals surface area contributed by atoms with Crippen LogP contribution in [0.25, 0.3) is 0 Å². The second-order valence-electron chi connectivity index (χ2n) is 10.2. The van der Waals surface area contributed by atoms with Gasteiger partial charge < -0.3 is 9.16 Å². The topological polar surface area (TPSA) is 18.5 Å². The van der Waals surface area contributed by atoms with Crippen LogP contribution >= 0.6 is 0 Å². The third-order valence-electron chi connectivity index (χ3n) is 7.51. The summed E-state index contributed by atoms with van der Waals surface area (Å²) in [6.45, 7) is 6.76. The fraction of sp³-hybridized carbons (Fsp3) is 0.905. The summed E-state index contributed by atoms with van der Waals surface area (Å²) in [6.07, 6.45) is 14.4. The van der Waals surface area contributed by atoms with E-state index in [0.29, 0.717) is 5.92 Å². The molecule has 4 bridgehead atoms. The zero-order valence-electron chi connectivity index (χ0n) is 16.1. The molecule has 136 valence electrons. The Morgan fingerprint density at radius 2 is 1.42 bits per heavy atom. The van der Waals surface area contributed by atoms with E-state index in [1.807, 2.05) is 0 Å². The van der Waals surface area contributed by atoms with Crippen molar-refractivity contribution < 1.29 is 9.16 Å². The molecule has 0 amide bonds. The third-order valence-corrected chi connectivity index (χ3v) is 8.32. The van der Waals surface area contributed by atoms with Crippen LogP contribution in [0.3, 0.4) is 0 Å². The second kappa shape index (κ2) is 6.37. The first-order valence-corrected chi connectivity index (χ1v) is 13.8. The molecule has 0 heterocycles. The maximum Gasteiger partial charge on any atom is 0.261 e. The van der Waals surface area contributed by atoms with Crippen LogP contribution in [0.15, 0.2) is 12.0 Å². The maximum absolute atomic E-state index is 6.27. The molecule has 24 heavy (non-hydrogen) atoms. The van der Waals surface area contributed by atoms with Crippen LogP contribution in [-0.2, 0) is 9.16 Å². The number of methoxy groups -OCH3 is 1. The summed E-state index contributed by atoms with van der Waals surface area (Å²) < 4.78 is 12.0. The third kappa shape index (κ3) is 3.30. The van der Waals surface area contributed by atoms with E-state index in [1.54, 1.807) is 7.11 Å². The molecule has 0 aromatic carbocycles. The molecule has 0 saturated heterocycles. The van der Waals surface area contributed by atoms with E-state index < -0.39 is 8.32 Å². The van der Waals surface area contributed by atoms with Gasteiger partial charge in [0.2, 0.25) is 8.32 Å². The van der Waals surface area contributed by atoms with Gasteiger partial charge in [0, 0.05) is 0 Å². The van der Waals surface area contributed by atoms with E-state index >= 15 is 0 Å². The Balaban J connectivity index is 1.58. The van der Waals surface area contributed by atoms with Gasteiger partial charge in [-0.15, -0.1) is 0 Å². The highest BCUT2D eigenvalue weighted by molar-refractivity contribution is 6.69. The number of rotatable bonds is 6. The summed E-state index contributed by atoms with van der Waals surface area (Å²) in [4.78, 5) is 0. The monoisotopic (exact) mass is 348 g/mol. The van der Waals surface area contributed by atoms with Gasteiger partial charge in [-0.25, -0.2) is 0 Å². The molecular formula is C21H36O2Si. The predicted molar refractivity (Wildman–Crippen MR) is 101 cm³/mol. The molecule has 0 spiro atoms. The molecule has 3 heteroatoms. The summed E-state index contributed by atoms with van der Waals surface area (Å²) in [5.74, 6) is 7.39. The van der Waals surface area contributed by atoms with Gasteiger partial charge in [0.05, 0.1) is 7.11 Å². The SMILES string of the molecule is CO/C(=C\C(C1CC2CCC1C2)C1CC2CCC1C2)O[Si](C)(C)C. The van der Waals surface area contributed by atoms with Crippen LogP contribution in [0, 0.1) is 41.4 Å². The first-order valence-electron chi connectivity index (χ1n) is 10.4. The van der Waals surface area contributed by atoms with Crippen molar-refractivity contribution in [2.24, 2.45) is 41.4 Å².